The first-order valence-corrected chi connectivity index (χ1v) is 10.5. The minimum absolute atomic E-state index is 0.585. The molecule has 0 spiro atoms. The summed E-state index contributed by atoms with van der Waals surface area (Å²) in [6.07, 6.45) is 8.49. The van der Waals surface area contributed by atoms with Gasteiger partial charge in [-0.25, -0.2) is 0 Å². The van der Waals surface area contributed by atoms with Crippen LogP contribution in [0.1, 0.15) is 57.9 Å². The van der Waals surface area contributed by atoms with Crippen molar-refractivity contribution in [3.05, 3.63) is 29.8 Å². The van der Waals surface area contributed by atoms with Crippen LogP contribution >= 0.6 is 11.8 Å². The van der Waals surface area contributed by atoms with Crippen molar-refractivity contribution in [1.82, 2.24) is 5.32 Å². The molecule has 3 heteroatoms. The number of hydrogen-bond donors (Lipinski definition) is 1. The van der Waals surface area contributed by atoms with Gasteiger partial charge in [0.15, 0.2) is 0 Å². The first-order chi connectivity index (χ1) is 11.3. The molecule has 0 amide bonds. The molecular weight excluding hydrogens is 302 g/mol. The molecule has 2 rings (SSSR count). The topological polar surface area (TPSA) is 21.3 Å². The van der Waals surface area contributed by atoms with Gasteiger partial charge in [0.25, 0.3) is 0 Å². The van der Waals surface area contributed by atoms with E-state index >= 15 is 0 Å². The molecule has 1 unspecified atom stereocenters. The molecule has 0 aromatic heterocycles. The fourth-order valence-electron chi connectivity index (χ4n) is 3.44. The molecule has 0 radical (unpaired) electrons. The van der Waals surface area contributed by atoms with Crippen molar-refractivity contribution in [2.75, 3.05) is 18.1 Å². The monoisotopic (exact) mass is 335 g/mol. The molecule has 1 aromatic rings. The minimum Gasteiger partial charge on any atom is -0.492 e. The van der Waals surface area contributed by atoms with Gasteiger partial charge in [0, 0.05) is 23.9 Å². The van der Waals surface area contributed by atoms with Crippen LogP contribution in [-0.2, 0) is 6.54 Å². The fourth-order valence-corrected chi connectivity index (χ4v) is 3.93. The smallest absolute Gasteiger partial charge is 0.123 e. The van der Waals surface area contributed by atoms with Crippen molar-refractivity contribution >= 4 is 11.8 Å². The maximum Gasteiger partial charge on any atom is 0.123 e. The molecule has 1 aromatic carbocycles. The van der Waals surface area contributed by atoms with E-state index in [2.05, 4.69) is 43.4 Å². The van der Waals surface area contributed by atoms with E-state index in [0.717, 1.165) is 36.3 Å². The number of ether oxygens (including phenoxy) is 1. The Bertz CT molecular complexity index is 431. The zero-order valence-electron chi connectivity index (χ0n) is 14.9. The van der Waals surface area contributed by atoms with Crippen molar-refractivity contribution in [2.24, 2.45) is 5.92 Å². The zero-order chi connectivity index (χ0) is 16.3. The highest BCUT2D eigenvalue weighted by molar-refractivity contribution is 7.99. The molecule has 1 aliphatic rings. The third kappa shape index (κ3) is 7.17. The molecule has 1 atom stereocenters. The third-order valence-electron chi connectivity index (χ3n) is 4.71. The second-order valence-corrected chi connectivity index (χ2v) is 8.07. The van der Waals surface area contributed by atoms with E-state index in [4.69, 9.17) is 4.74 Å². The first-order valence-electron chi connectivity index (χ1n) is 9.31. The summed E-state index contributed by atoms with van der Waals surface area (Å²) < 4.78 is 5.96. The summed E-state index contributed by atoms with van der Waals surface area (Å²) in [5.41, 5.74) is 1.28. The molecule has 130 valence electrons. The van der Waals surface area contributed by atoms with Gasteiger partial charge >= 0.3 is 0 Å². The van der Waals surface area contributed by atoms with Gasteiger partial charge in [0.2, 0.25) is 0 Å². The van der Waals surface area contributed by atoms with Crippen molar-refractivity contribution in [1.29, 1.82) is 0 Å². The molecule has 0 aliphatic heterocycles. The van der Waals surface area contributed by atoms with Crippen LogP contribution in [-0.4, -0.2) is 24.2 Å². The average molecular weight is 336 g/mol. The number of thioether (sulfide) groups is 1. The minimum atomic E-state index is 0.585. The molecule has 1 saturated carbocycles. The van der Waals surface area contributed by atoms with Crippen LogP contribution in [0.15, 0.2) is 24.3 Å². The molecule has 2 nitrogen and oxygen atoms in total. The molecule has 0 saturated heterocycles. The summed E-state index contributed by atoms with van der Waals surface area (Å²) in [5.74, 6) is 4.20. The summed E-state index contributed by atoms with van der Waals surface area (Å²) in [7, 11) is 0. The Labute approximate surface area is 146 Å². The lowest BCUT2D eigenvalue weighted by atomic mass is 9.85. The first kappa shape index (κ1) is 18.7. The van der Waals surface area contributed by atoms with Gasteiger partial charge in [0.05, 0.1) is 6.61 Å². The SMILES string of the molecule is CCSCCOc1ccccc1CNC(C)CC1CCCCC1. The van der Waals surface area contributed by atoms with Gasteiger partial charge in [-0.2, -0.15) is 11.8 Å². The largest absolute Gasteiger partial charge is 0.492 e. The molecule has 1 N–H and O–H groups in total. The van der Waals surface area contributed by atoms with Crippen LogP contribution in [0.2, 0.25) is 0 Å². The van der Waals surface area contributed by atoms with Crippen molar-refractivity contribution in [2.45, 2.75) is 65.0 Å². The second-order valence-electron chi connectivity index (χ2n) is 6.67. The van der Waals surface area contributed by atoms with Crippen LogP contribution < -0.4 is 10.1 Å². The molecule has 23 heavy (non-hydrogen) atoms. The molecular formula is C20H33NOS. The lowest BCUT2D eigenvalue weighted by Crippen LogP contribution is -2.28. The highest BCUT2D eigenvalue weighted by atomic mass is 32.2. The Balaban J connectivity index is 1.75. The Kier molecular flexibility index (Phi) is 8.91. The number of rotatable bonds is 10. The van der Waals surface area contributed by atoms with Crippen LogP contribution in [0, 0.1) is 5.92 Å². The molecule has 1 aliphatic carbocycles. The van der Waals surface area contributed by atoms with Gasteiger partial charge in [-0.15, -0.1) is 0 Å². The van der Waals surface area contributed by atoms with Gasteiger partial charge in [-0.1, -0.05) is 57.2 Å². The Morgan fingerprint density at radius 3 is 2.78 bits per heavy atom. The Morgan fingerprint density at radius 1 is 1.22 bits per heavy atom. The highest BCUT2D eigenvalue weighted by Crippen LogP contribution is 2.27. The number of benzene rings is 1. The maximum atomic E-state index is 5.96. The van der Waals surface area contributed by atoms with Crippen molar-refractivity contribution in [3.63, 3.8) is 0 Å². The summed E-state index contributed by atoms with van der Waals surface area (Å²) >= 11 is 1.93. The average Bonchev–Trinajstić information content (AvgIpc) is 2.59. The number of nitrogens with one attached hydrogen (secondary N) is 1. The summed E-state index contributed by atoms with van der Waals surface area (Å²) in [5, 5.41) is 3.70. The molecule has 0 bridgehead atoms. The molecule has 0 heterocycles. The van der Waals surface area contributed by atoms with E-state index < -0.39 is 0 Å². The van der Waals surface area contributed by atoms with E-state index in [1.54, 1.807) is 0 Å². The van der Waals surface area contributed by atoms with E-state index in [1.807, 2.05) is 11.8 Å². The summed E-state index contributed by atoms with van der Waals surface area (Å²) in [6.45, 7) is 6.23. The normalized spacial score (nSPS) is 17.1. The summed E-state index contributed by atoms with van der Waals surface area (Å²) in [4.78, 5) is 0. The van der Waals surface area contributed by atoms with Crippen molar-refractivity contribution < 1.29 is 4.74 Å². The number of para-hydroxylation sites is 1. The van der Waals surface area contributed by atoms with Gasteiger partial charge in [-0.3, -0.25) is 0 Å². The Morgan fingerprint density at radius 2 is 2.00 bits per heavy atom. The van der Waals surface area contributed by atoms with E-state index in [9.17, 15) is 0 Å². The van der Waals surface area contributed by atoms with Crippen LogP contribution in [0.5, 0.6) is 5.75 Å². The maximum absolute atomic E-state index is 5.96. The standard InChI is InChI=1S/C20H33NOS/c1-3-23-14-13-22-20-12-8-7-11-19(20)16-21-17(2)15-18-9-5-4-6-10-18/h7-8,11-12,17-18,21H,3-6,9-10,13-16H2,1-2H3. The predicted molar refractivity (Wildman–Crippen MR) is 102 cm³/mol. The van der Waals surface area contributed by atoms with E-state index in [1.165, 1.54) is 44.1 Å². The zero-order valence-corrected chi connectivity index (χ0v) is 15.7. The second kappa shape index (κ2) is 11.0. The lowest BCUT2D eigenvalue weighted by Gasteiger charge is -2.25. The van der Waals surface area contributed by atoms with E-state index in [-0.39, 0.29) is 0 Å². The van der Waals surface area contributed by atoms with Crippen molar-refractivity contribution in [3.8, 4) is 5.75 Å². The third-order valence-corrected chi connectivity index (χ3v) is 5.58. The highest BCUT2D eigenvalue weighted by Gasteiger charge is 2.16. The van der Waals surface area contributed by atoms with Gasteiger partial charge in [0.1, 0.15) is 5.75 Å². The Hall–Kier alpha value is -0.670. The van der Waals surface area contributed by atoms with Gasteiger partial charge < -0.3 is 10.1 Å². The van der Waals surface area contributed by atoms with Crippen LogP contribution in [0.25, 0.3) is 0 Å². The fraction of sp³-hybridized carbons (Fsp3) is 0.700. The van der Waals surface area contributed by atoms with Gasteiger partial charge in [-0.05, 0) is 31.1 Å². The predicted octanol–water partition coefficient (Wildman–Crippen LogP) is 5.27. The summed E-state index contributed by atoms with van der Waals surface area (Å²) in [6, 6.07) is 9.04. The quantitative estimate of drug-likeness (QED) is 0.589. The van der Waals surface area contributed by atoms with Crippen LogP contribution in [0.3, 0.4) is 0 Å². The van der Waals surface area contributed by atoms with E-state index in [0.29, 0.717) is 6.04 Å². The van der Waals surface area contributed by atoms with Crippen LogP contribution in [0.4, 0.5) is 0 Å². The number of hydrogen-bond acceptors (Lipinski definition) is 3. The molecule has 1 fully saturated rings. The lowest BCUT2D eigenvalue weighted by molar-refractivity contribution is 0.302.